The SMILES string of the molecule is CCNC(=NCCc1cnn(C)c1)N1CCN(Cc2ccon2)CC1. The molecule has 2 aromatic rings. The van der Waals surface area contributed by atoms with Crippen molar-refractivity contribution in [2.45, 2.75) is 19.9 Å². The molecule has 0 aromatic carbocycles. The molecule has 0 unspecified atom stereocenters. The van der Waals surface area contributed by atoms with E-state index in [0.29, 0.717) is 0 Å². The van der Waals surface area contributed by atoms with Gasteiger partial charge in [-0.15, -0.1) is 0 Å². The lowest BCUT2D eigenvalue weighted by atomic mass is 10.2. The van der Waals surface area contributed by atoms with E-state index in [1.807, 2.05) is 30.2 Å². The number of hydrogen-bond acceptors (Lipinski definition) is 5. The maximum absolute atomic E-state index is 4.91. The van der Waals surface area contributed by atoms with E-state index < -0.39 is 0 Å². The van der Waals surface area contributed by atoms with Gasteiger partial charge >= 0.3 is 0 Å². The van der Waals surface area contributed by atoms with Gasteiger partial charge < -0.3 is 14.7 Å². The number of aliphatic imine (C=N–C) groups is 1. The predicted molar refractivity (Wildman–Crippen MR) is 96.2 cm³/mol. The van der Waals surface area contributed by atoms with Crippen molar-refractivity contribution < 1.29 is 4.52 Å². The second-order valence-electron chi connectivity index (χ2n) is 6.26. The van der Waals surface area contributed by atoms with E-state index in [4.69, 9.17) is 9.52 Å². The molecule has 0 radical (unpaired) electrons. The molecule has 1 fully saturated rings. The van der Waals surface area contributed by atoms with Crippen molar-refractivity contribution in [1.29, 1.82) is 0 Å². The van der Waals surface area contributed by atoms with Gasteiger partial charge in [0, 0.05) is 65.1 Å². The summed E-state index contributed by atoms with van der Waals surface area (Å²) in [5.74, 6) is 1.01. The fourth-order valence-electron chi connectivity index (χ4n) is 2.98. The van der Waals surface area contributed by atoms with E-state index in [1.54, 1.807) is 6.26 Å². The van der Waals surface area contributed by atoms with Crippen LogP contribution in [0.2, 0.25) is 0 Å². The van der Waals surface area contributed by atoms with Crippen LogP contribution in [-0.4, -0.2) is 70.0 Å². The van der Waals surface area contributed by atoms with Gasteiger partial charge in [-0.25, -0.2) is 0 Å². The van der Waals surface area contributed by atoms with Gasteiger partial charge in [-0.3, -0.25) is 14.6 Å². The topological polar surface area (TPSA) is 74.7 Å². The molecular formula is C17H27N7O. The minimum absolute atomic E-state index is 0.771. The largest absolute Gasteiger partial charge is 0.364 e. The molecule has 1 aliphatic heterocycles. The van der Waals surface area contributed by atoms with E-state index in [-0.39, 0.29) is 0 Å². The number of hydrogen-bond donors (Lipinski definition) is 1. The maximum Gasteiger partial charge on any atom is 0.194 e. The van der Waals surface area contributed by atoms with Crippen molar-refractivity contribution in [1.82, 2.24) is 30.1 Å². The van der Waals surface area contributed by atoms with Crippen LogP contribution in [0.5, 0.6) is 0 Å². The maximum atomic E-state index is 4.91. The fraction of sp³-hybridized carbons (Fsp3) is 0.588. The molecule has 0 aliphatic carbocycles. The third-order valence-electron chi connectivity index (χ3n) is 4.30. The Bertz CT molecular complexity index is 656. The van der Waals surface area contributed by atoms with Gasteiger partial charge in [0.15, 0.2) is 5.96 Å². The van der Waals surface area contributed by atoms with Crippen LogP contribution in [0.3, 0.4) is 0 Å². The second kappa shape index (κ2) is 8.66. The van der Waals surface area contributed by atoms with Crippen LogP contribution in [-0.2, 0) is 20.0 Å². The van der Waals surface area contributed by atoms with Crippen LogP contribution < -0.4 is 5.32 Å². The van der Waals surface area contributed by atoms with Crippen LogP contribution >= 0.6 is 0 Å². The third-order valence-corrected chi connectivity index (χ3v) is 4.30. The summed E-state index contributed by atoms with van der Waals surface area (Å²) < 4.78 is 6.74. The van der Waals surface area contributed by atoms with Crippen LogP contribution in [0.25, 0.3) is 0 Å². The van der Waals surface area contributed by atoms with Gasteiger partial charge in [0.2, 0.25) is 0 Å². The zero-order valence-corrected chi connectivity index (χ0v) is 15.1. The molecule has 0 saturated carbocycles. The predicted octanol–water partition coefficient (Wildman–Crippen LogP) is 0.734. The van der Waals surface area contributed by atoms with Crippen LogP contribution in [0.1, 0.15) is 18.2 Å². The number of guanidine groups is 1. The molecule has 0 amide bonds. The summed E-state index contributed by atoms with van der Waals surface area (Å²) in [6, 6.07) is 1.93. The lowest BCUT2D eigenvalue weighted by molar-refractivity contribution is 0.169. The molecule has 2 aromatic heterocycles. The molecule has 8 heteroatoms. The van der Waals surface area contributed by atoms with Crippen molar-refractivity contribution in [2.24, 2.45) is 12.0 Å². The molecule has 8 nitrogen and oxygen atoms in total. The Morgan fingerprint density at radius 1 is 1.32 bits per heavy atom. The standard InChI is InChI=1S/C17H27N7O/c1-3-18-17(19-6-4-15-12-20-22(2)13-15)24-9-7-23(8-10-24)14-16-5-11-25-21-16/h5,11-13H,3-4,6-10,14H2,1-2H3,(H,18,19). The zero-order valence-electron chi connectivity index (χ0n) is 15.1. The highest BCUT2D eigenvalue weighted by atomic mass is 16.5. The quantitative estimate of drug-likeness (QED) is 0.615. The Balaban J connectivity index is 1.49. The first kappa shape index (κ1) is 17.5. The molecule has 0 spiro atoms. The Hall–Kier alpha value is -2.35. The van der Waals surface area contributed by atoms with E-state index >= 15 is 0 Å². The normalized spacial score (nSPS) is 16.4. The Kier molecular flexibility index (Phi) is 6.05. The van der Waals surface area contributed by atoms with Crippen molar-refractivity contribution in [3.63, 3.8) is 0 Å². The average Bonchev–Trinajstić information content (AvgIpc) is 3.27. The highest BCUT2D eigenvalue weighted by molar-refractivity contribution is 5.80. The first-order valence-electron chi connectivity index (χ1n) is 8.87. The molecular weight excluding hydrogens is 318 g/mol. The van der Waals surface area contributed by atoms with Gasteiger partial charge in [-0.1, -0.05) is 5.16 Å². The smallest absolute Gasteiger partial charge is 0.194 e. The van der Waals surface area contributed by atoms with Gasteiger partial charge in [0.25, 0.3) is 0 Å². The number of nitrogens with zero attached hydrogens (tertiary/aromatic N) is 6. The highest BCUT2D eigenvalue weighted by Crippen LogP contribution is 2.07. The summed E-state index contributed by atoms with van der Waals surface area (Å²) in [6.07, 6.45) is 6.49. The Morgan fingerprint density at radius 2 is 2.16 bits per heavy atom. The minimum atomic E-state index is 0.771. The Labute approximate surface area is 148 Å². The van der Waals surface area contributed by atoms with Crippen molar-refractivity contribution in [2.75, 3.05) is 39.3 Å². The number of aryl methyl sites for hydroxylation is 1. The van der Waals surface area contributed by atoms with E-state index in [9.17, 15) is 0 Å². The molecule has 0 bridgehead atoms. The number of aromatic nitrogens is 3. The van der Waals surface area contributed by atoms with Gasteiger partial charge in [-0.2, -0.15) is 5.10 Å². The summed E-state index contributed by atoms with van der Waals surface area (Å²) in [5.41, 5.74) is 2.21. The van der Waals surface area contributed by atoms with Crippen molar-refractivity contribution in [3.8, 4) is 0 Å². The lowest BCUT2D eigenvalue weighted by Gasteiger charge is -2.36. The van der Waals surface area contributed by atoms with Crippen LogP contribution in [0, 0.1) is 0 Å². The van der Waals surface area contributed by atoms with Crippen LogP contribution in [0.15, 0.2) is 34.2 Å². The molecule has 3 heterocycles. The number of piperazine rings is 1. The summed E-state index contributed by atoms with van der Waals surface area (Å²) in [6.45, 7) is 8.54. The highest BCUT2D eigenvalue weighted by Gasteiger charge is 2.20. The van der Waals surface area contributed by atoms with Gasteiger partial charge in [0.05, 0.1) is 11.9 Å². The molecule has 0 atom stereocenters. The number of rotatable bonds is 6. The lowest BCUT2D eigenvalue weighted by Crippen LogP contribution is -2.52. The summed E-state index contributed by atoms with van der Waals surface area (Å²) in [7, 11) is 1.94. The summed E-state index contributed by atoms with van der Waals surface area (Å²) in [4.78, 5) is 9.53. The molecule has 1 saturated heterocycles. The van der Waals surface area contributed by atoms with Gasteiger partial charge in [-0.05, 0) is 18.9 Å². The minimum Gasteiger partial charge on any atom is -0.364 e. The Morgan fingerprint density at radius 3 is 2.80 bits per heavy atom. The summed E-state index contributed by atoms with van der Waals surface area (Å²) >= 11 is 0. The first-order valence-corrected chi connectivity index (χ1v) is 8.87. The third kappa shape index (κ3) is 5.06. The van der Waals surface area contributed by atoms with Crippen molar-refractivity contribution in [3.05, 3.63) is 36.0 Å². The van der Waals surface area contributed by atoms with E-state index in [0.717, 1.165) is 63.9 Å². The fourth-order valence-corrected chi connectivity index (χ4v) is 2.98. The van der Waals surface area contributed by atoms with Crippen molar-refractivity contribution >= 4 is 5.96 Å². The van der Waals surface area contributed by atoms with E-state index in [1.165, 1.54) is 5.56 Å². The number of nitrogens with one attached hydrogen (secondary N) is 1. The molecule has 25 heavy (non-hydrogen) atoms. The first-order chi connectivity index (χ1) is 12.2. The van der Waals surface area contributed by atoms with E-state index in [2.05, 4.69) is 32.3 Å². The molecule has 1 aliphatic rings. The van der Waals surface area contributed by atoms with Gasteiger partial charge in [0.1, 0.15) is 6.26 Å². The van der Waals surface area contributed by atoms with Crippen LogP contribution in [0.4, 0.5) is 0 Å². The summed E-state index contributed by atoms with van der Waals surface area (Å²) in [5, 5.41) is 11.6. The average molecular weight is 345 g/mol. The molecule has 136 valence electrons. The molecule has 1 N–H and O–H groups in total. The molecule has 3 rings (SSSR count). The second-order valence-corrected chi connectivity index (χ2v) is 6.26. The monoisotopic (exact) mass is 345 g/mol. The zero-order chi connectivity index (χ0) is 17.5.